The van der Waals surface area contributed by atoms with E-state index in [1.54, 1.807) is 4.57 Å². The lowest BCUT2D eigenvalue weighted by molar-refractivity contribution is 0.262. The second kappa shape index (κ2) is 4.46. The Morgan fingerprint density at radius 3 is 2.82 bits per heavy atom. The number of aliphatic hydroxyl groups excluding tert-OH is 1. The van der Waals surface area contributed by atoms with Crippen LogP contribution < -0.4 is 0 Å². The Bertz CT molecular complexity index is 582. The summed E-state index contributed by atoms with van der Waals surface area (Å²) < 4.78 is 7.80. The van der Waals surface area contributed by atoms with E-state index in [0.717, 1.165) is 17.1 Å². The monoisotopic (exact) mass is 253 g/mol. The van der Waals surface area contributed by atoms with E-state index in [1.807, 2.05) is 26.8 Å². The van der Waals surface area contributed by atoms with Crippen molar-refractivity contribution < 1.29 is 9.52 Å². The second-order valence-electron chi connectivity index (χ2n) is 4.02. The first kappa shape index (κ1) is 12.1. The first-order valence-corrected chi connectivity index (χ1v) is 5.79. The van der Waals surface area contributed by atoms with Crippen molar-refractivity contribution in [3.63, 3.8) is 0 Å². The third-order valence-electron chi connectivity index (χ3n) is 2.84. The fourth-order valence-electron chi connectivity index (χ4n) is 2.05. The molecule has 2 aromatic rings. The number of aromatic nitrogens is 3. The summed E-state index contributed by atoms with van der Waals surface area (Å²) in [6, 6.07) is 1.97. The Morgan fingerprint density at radius 2 is 2.29 bits per heavy atom. The molecule has 0 aliphatic rings. The third-order valence-corrected chi connectivity index (χ3v) is 3.12. The van der Waals surface area contributed by atoms with Gasteiger partial charge in [-0.2, -0.15) is 5.10 Å². The van der Waals surface area contributed by atoms with Gasteiger partial charge >= 0.3 is 0 Å². The minimum Gasteiger partial charge on any atom is -0.466 e. The number of furan rings is 1. The van der Waals surface area contributed by atoms with Gasteiger partial charge in [0, 0.05) is 5.56 Å². The molecule has 0 bridgehead atoms. The highest BCUT2D eigenvalue weighted by molar-refractivity contribution is 7.71. The lowest BCUT2D eigenvalue weighted by Crippen LogP contribution is -2.11. The van der Waals surface area contributed by atoms with Crippen LogP contribution >= 0.6 is 12.2 Å². The van der Waals surface area contributed by atoms with Crippen molar-refractivity contribution in [2.75, 3.05) is 0 Å². The maximum absolute atomic E-state index is 9.23. The topological polar surface area (TPSA) is 67.0 Å². The van der Waals surface area contributed by atoms with Crippen LogP contribution in [0, 0.1) is 18.6 Å². The molecule has 0 spiro atoms. The summed E-state index contributed by atoms with van der Waals surface area (Å²) >= 11 is 5.17. The lowest BCUT2D eigenvalue weighted by atomic mass is 10.1. The van der Waals surface area contributed by atoms with Gasteiger partial charge in [0.05, 0.1) is 6.04 Å². The van der Waals surface area contributed by atoms with Crippen molar-refractivity contribution in [2.45, 2.75) is 33.4 Å². The van der Waals surface area contributed by atoms with Gasteiger partial charge in [-0.1, -0.05) is 0 Å². The smallest absolute Gasteiger partial charge is 0.195 e. The molecule has 5 nitrogen and oxygen atoms in total. The number of aliphatic hydroxyl groups is 1. The highest BCUT2D eigenvalue weighted by atomic mass is 32.1. The van der Waals surface area contributed by atoms with Crippen LogP contribution in [-0.2, 0) is 6.61 Å². The van der Waals surface area contributed by atoms with Crippen molar-refractivity contribution >= 4 is 12.2 Å². The molecule has 0 aliphatic carbocycles. The number of rotatable bonds is 3. The van der Waals surface area contributed by atoms with E-state index in [4.69, 9.17) is 16.6 Å². The van der Waals surface area contributed by atoms with E-state index in [2.05, 4.69) is 10.2 Å². The summed E-state index contributed by atoms with van der Waals surface area (Å²) in [4.78, 5) is 0. The van der Waals surface area contributed by atoms with Crippen molar-refractivity contribution in [1.82, 2.24) is 14.8 Å². The Morgan fingerprint density at radius 1 is 1.59 bits per heavy atom. The van der Waals surface area contributed by atoms with Gasteiger partial charge in [0.15, 0.2) is 10.6 Å². The van der Waals surface area contributed by atoms with Gasteiger partial charge in [-0.25, -0.2) is 0 Å². The standard InChI is InChI=1S/C11H15N3O2S/c1-6-4-9(8(3)16-6)7(2)14-10(5-15)12-13-11(14)17/h4,7,15H,5H2,1-3H3,(H,13,17). The number of hydrogen-bond acceptors (Lipinski definition) is 4. The van der Waals surface area contributed by atoms with Crippen molar-refractivity contribution in [2.24, 2.45) is 0 Å². The second-order valence-corrected chi connectivity index (χ2v) is 4.40. The number of aromatic amines is 1. The van der Waals surface area contributed by atoms with Crippen LogP contribution in [0.1, 0.15) is 35.9 Å². The molecule has 2 heterocycles. The van der Waals surface area contributed by atoms with Crippen LogP contribution in [0.4, 0.5) is 0 Å². The first-order valence-electron chi connectivity index (χ1n) is 5.38. The molecule has 2 aromatic heterocycles. The zero-order valence-electron chi connectivity index (χ0n) is 10.0. The van der Waals surface area contributed by atoms with E-state index in [9.17, 15) is 5.11 Å². The van der Waals surface area contributed by atoms with Crippen molar-refractivity contribution in [3.8, 4) is 0 Å². The Kier molecular flexibility index (Phi) is 3.17. The fourth-order valence-corrected chi connectivity index (χ4v) is 2.36. The Labute approximate surface area is 104 Å². The molecular formula is C11H15N3O2S. The molecule has 2 N–H and O–H groups in total. The van der Waals surface area contributed by atoms with Gasteiger partial charge in [-0.3, -0.25) is 9.67 Å². The molecule has 0 saturated carbocycles. The van der Waals surface area contributed by atoms with Crippen LogP contribution in [0.2, 0.25) is 0 Å². The van der Waals surface area contributed by atoms with E-state index in [1.165, 1.54) is 0 Å². The van der Waals surface area contributed by atoms with Gasteiger partial charge in [0.25, 0.3) is 0 Å². The van der Waals surface area contributed by atoms with E-state index in [-0.39, 0.29) is 12.6 Å². The van der Waals surface area contributed by atoms with Gasteiger partial charge in [0.2, 0.25) is 0 Å². The van der Waals surface area contributed by atoms with Gasteiger partial charge in [-0.15, -0.1) is 0 Å². The summed E-state index contributed by atoms with van der Waals surface area (Å²) in [5, 5.41) is 15.9. The Balaban J connectivity index is 2.50. The zero-order chi connectivity index (χ0) is 12.6. The molecule has 0 fully saturated rings. The molecule has 0 aliphatic heterocycles. The average Bonchev–Trinajstić information content (AvgIpc) is 2.80. The molecule has 1 unspecified atom stereocenters. The summed E-state index contributed by atoms with van der Waals surface area (Å²) in [5.74, 6) is 2.26. The van der Waals surface area contributed by atoms with Gasteiger partial charge in [-0.05, 0) is 39.1 Å². The third kappa shape index (κ3) is 2.05. The highest BCUT2D eigenvalue weighted by Gasteiger charge is 2.18. The summed E-state index contributed by atoms with van der Waals surface area (Å²) in [5.41, 5.74) is 1.05. The molecule has 2 rings (SSSR count). The normalized spacial score (nSPS) is 12.9. The summed E-state index contributed by atoms with van der Waals surface area (Å²) in [6.07, 6.45) is 0. The summed E-state index contributed by atoms with van der Waals surface area (Å²) in [6.45, 7) is 5.68. The number of hydrogen-bond donors (Lipinski definition) is 2. The van der Waals surface area contributed by atoms with E-state index >= 15 is 0 Å². The number of nitrogens with one attached hydrogen (secondary N) is 1. The highest BCUT2D eigenvalue weighted by Crippen LogP contribution is 2.25. The molecule has 0 aromatic carbocycles. The van der Waals surface area contributed by atoms with Gasteiger partial charge < -0.3 is 9.52 Å². The average molecular weight is 253 g/mol. The van der Waals surface area contributed by atoms with Crippen LogP contribution in [0.15, 0.2) is 10.5 Å². The minimum atomic E-state index is -0.145. The number of aryl methyl sites for hydroxylation is 2. The maximum Gasteiger partial charge on any atom is 0.195 e. The summed E-state index contributed by atoms with van der Waals surface area (Å²) in [7, 11) is 0. The first-order chi connectivity index (χ1) is 8.04. The van der Waals surface area contributed by atoms with E-state index < -0.39 is 0 Å². The molecule has 0 saturated heterocycles. The molecule has 92 valence electrons. The molecular weight excluding hydrogens is 238 g/mol. The lowest BCUT2D eigenvalue weighted by Gasteiger charge is -2.14. The molecule has 6 heteroatoms. The fraction of sp³-hybridized carbons (Fsp3) is 0.455. The number of nitrogens with zero attached hydrogens (tertiary/aromatic N) is 2. The maximum atomic E-state index is 9.23. The molecule has 0 amide bonds. The Hall–Kier alpha value is -1.40. The largest absolute Gasteiger partial charge is 0.466 e. The van der Waals surface area contributed by atoms with Crippen molar-refractivity contribution in [3.05, 3.63) is 33.7 Å². The molecule has 1 atom stereocenters. The quantitative estimate of drug-likeness (QED) is 0.823. The predicted octanol–water partition coefficient (Wildman–Crippen LogP) is 2.25. The molecule has 17 heavy (non-hydrogen) atoms. The van der Waals surface area contributed by atoms with Crippen LogP contribution in [0.5, 0.6) is 0 Å². The van der Waals surface area contributed by atoms with Crippen molar-refractivity contribution in [1.29, 1.82) is 0 Å². The number of H-pyrrole nitrogens is 1. The van der Waals surface area contributed by atoms with E-state index in [0.29, 0.717) is 10.6 Å². The van der Waals surface area contributed by atoms with Crippen LogP contribution in [0.25, 0.3) is 0 Å². The van der Waals surface area contributed by atoms with Crippen LogP contribution in [0.3, 0.4) is 0 Å². The zero-order valence-corrected chi connectivity index (χ0v) is 10.8. The van der Waals surface area contributed by atoms with Crippen LogP contribution in [-0.4, -0.2) is 19.9 Å². The SMILES string of the molecule is Cc1cc(C(C)n2c(CO)n[nH]c2=S)c(C)o1. The minimum absolute atomic E-state index is 0.0131. The predicted molar refractivity (Wildman–Crippen MR) is 65.3 cm³/mol. The van der Waals surface area contributed by atoms with Gasteiger partial charge in [0.1, 0.15) is 18.1 Å². The molecule has 0 radical (unpaired) electrons.